The molecule has 0 radical (unpaired) electrons. The number of aliphatic hydroxyl groups excluding tert-OH is 2. The van der Waals surface area contributed by atoms with Crippen molar-refractivity contribution in [2.24, 2.45) is 11.1 Å². The second kappa shape index (κ2) is 10.1. The van der Waals surface area contributed by atoms with Gasteiger partial charge >= 0.3 is 10.3 Å². The summed E-state index contributed by atoms with van der Waals surface area (Å²) in [5.74, 6) is -0.267. The molecule has 1 aliphatic rings. The van der Waals surface area contributed by atoms with Crippen LogP contribution in [0.2, 0.25) is 5.22 Å². The van der Waals surface area contributed by atoms with Crippen molar-refractivity contribution < 1.29 is 32.0 Å². The van der Waals surface area contributed by atoms with E-state index in [1.54, 1.807) is 17.5 Å². The monoisotopic (exact) mass is 528 g/mol. The lowest BCUT2D eigenvalue weighted by atomic mass is 10.1. The van der Waals surface area contributed by atoms with Crippen molar-refractivity contribution in [1.82, 2.24) is 9.97 Å². The molecule has 0 saturated heterocycles. The topological polar surface area (TPSA) is 178 Å². The molecule has 11 nitrogen and oxygen atoms in total. The highest BCUT2D eigenvalue weighted by molar-refractivity contribution is 7.84. The summed E-state index contributed by atoms with van der Waals surface area (Å²) in [7, 11) is -4.11. The molecule has 0 aliphatic heterocycles. The first-order chi connectivity index (χ1) is 16.1. The van der Waals surface area contributed by atoms with E-state index in [9.17, 15) is 23.4 Å². The van der Waals surface area contributed by atoms with Gasteiger partial charge in [-0.25, -0.2) is 15.1 Å². The molecule has 4 atom stereocenters. The number of ketones is 1. The molecule has 3 aromatic rings. The summed E-state index contributed by atoms with van der Waals surface area (Å²) in [6, 6.07) is 4.35. The van der Waals surface area contributed by atoms with E-state index >= 15 is 0 Å². The van der Waals surface area contributed by atoms with Crippen LogP contribution in [-0.2, 0) is 14.5 Å². The third kappa shape index (κ3) is 5.81. The van der Waals surface area contributed by atoms with Crippen LogP contribution in [0.15, 0.2) is 40.5 Å². The molecule has 3 heterocycles. The lowest BCUT2D eigenvalue weighted by molar-refractivity contribution is 0.101. The molecule has 1 saturated carbocycles. The Morgan fingerprint density at radius 2 is 2.21 bits per heavy atom. The molecule has 0 spiro atoms. The Morgan fingerprint density at radius 3 is 2.91 bits per heavy atom. The predicted octanol–water partition coefficient (Wildman–Crippen LogP) is 1.87. The molecule has 0 bridgehead atoms. The Labute approximate surface area is 203 Å². The number of carbonyl (C=O) groups excluding carboxylic acids is 1. The maximum atomic E-state index is 13.2. The maximum absolute atomic E-state index is 13.2. The van der Waals surface area contributed by atoms with Gasteiger partial charge in [-0.1, -0.05) is 0 Å². The highest BCUT2D eigenvalue weighted by atomic mass is 35.5. The Kier molecular flexibility index (Phi) is 7.33. The fourth-order valence-electron chi connectivity index (χ4n) is 3.77. The fraction of sp³-hybridized carbons (Fsp3) is 0.350. The van der Waals surface area contributed by atoms with Gasteiger partial charge < -0.3 is 19.9 Å². The molecule has 3 aromatic heterocycles. The van der Waals surface area contributed by atoms with Crippen LogP contribution in [0.5, 0.6) is 0 Å². The minimum atomic E-state index is -4.11. The van der Waals surface area contributed by atoms with E-state index < -0.39 is 28.4 Å². The van der Waals surface area contributed by atoms with Crippen molar-refractivity contribution in [2.75, 3.05) is 11.9 Å². The Bertz CT molecular complexity index is 1280. The highest BCUT2D eigenvalue weighted by Crippen LogP contribution is 2.32. The number of aliphatic hydroxyl groups is 2. The van der Waals surface area contributed by atoms with Crippen molar-refractivity contribution >= 4 is 44.8 Å². The molecule has 34 heavy (non-hydrogen) atoms. The number of hydrogen-bond donors (Lipinski definition) is 4. The van der Waals surface area contributed by atoms with Crippen molar-refractivity contribution in [3.05, 3.63) is 63.1 Å². The summed E-state index contributed by atoms with van der Waals surface area (Å²) in [5, 5.41) is 30.5. The van der Waals surface area contributed by atoms with Crippen molar-refractivity contribution in [1.29, 1.82) is 0 Å². The number of anilines is 1. The summed E-state index contributed by atoms with van der Waals surface area (Å²) in [6.45, 7) is -0.241. The van der Waals surface area contributed by atoms with Gasteiger partial charge in [-0.05, 0) is 53.6 Å². The summed E-state index contributed by atoms with van der Waals surface area (Å²) >= 11 is 6.92. The third-order valence-corrected chi connectivity index (χ3v) is 7.04. The van der Waals surface area contributed by atoms with E-state index in [2.05, 4.69) is 19.5 Å². The Morgan fingerprint density at radius 1 is 1.41 bits per heavy atom. The number of halogens is 1. The number of carbonyl (C=O) groups is 1. The van der Waals surface area contributed by atoms with Crippen LogP contribution in [-0.4, -0.2) is 53.1 Å². The lowest BCUT2D eigenvalue weighted by Crippen LogP contribution is -2.24. The van der Waals surface area contributed by atoms with E-state index in [-0.39, 0.29) is 40.8 Å². The molecule has 182 valence electrons. The molecule has 1 aliphatic carbocycles. The Hall–Kier alpha value is -2.39. The van der Waals surface area contributed by atoms with Crippen LogP contribution >= 0.6 is 22.9 Å². The molecule has 1 fully saturated rings. The van der Waals surface area contributed by atoms with Crippen LogP contribution in [0.1, 0.15) is 45.5 Å². The molecule has 1 unspecified atom stereocenters. The summed E-state index contributed by atoms with van der Waals surface area (Å²) in [6.07, 6.45) is 1.47. The van der Waals surface area contributed by atoms with Gasteiger partial charge in [0, 0.05) is 18.2 Å². The highest BCUT2D eigenvalue weighted by Gasteiger charge is 2.35. The smallest absolute Gasteiger partial charge is 0.333 e. The molecular weight excluding hydrogens is 508 g/mol. The quantitative estimate of drug-likeness (QED) is 0.299. The van der Waals surface area contributed by atoms with Crippen LogP contribution in [0, 0.1) is 5.92 Å². The van der Waals surface area contributed by atoms with E-state index in [4.69, 9.17) is 21.2 Å². The first kappa shape index (κ1) is 24.7. The number of hydrogen-bond acceptors (Lipinski definition) is 11. The first-order valence-corrected chi connectivity index (χ1v) is 12.8. The van der Waals surface area contributed by atoms with Crippen molar-refractivity contribution in [2.45, 2.75) is 31.1 Å². The number of thiophene rings is 1. The van der Waals surface area contributed by atoms with Gasteiger partial charge in [0.05, 0.1) is 23.2 Å². The molecule has 5 N–H and O–H groups in total. The number of nitrogens with zero attached hydrogens (tertiary/aromatic N) is 2. The van der Waals surface area contributed by atoms with E-state index in [1.807, 2.05) is 0 Å². The molecule has 14 heteroatoms. The van der Waals surface area contributed by atoms with Gasteiger partial charge in [-0.3, -0.25) is 8.98 Å². The van der Waals surface area contributed by atoms with Gasteiger partial charge in [-0.2, -0.15) is 8.42 Å². The number of aromatic nitrogens is 2. The van der Waals surface area contributed by atoms with Gasteiger partial charge in [0.15, 0.2) is 5.22 Å². The van der Waals surface area contributed by atoms with Crippen molar-refractivity contribution in [3.8, 4) is 0 Å². The van der Waals surface area contributed by atoms with Gasteiger partial charge in [0.25, 0.3) is 0 Å². The number of nitrogens with two attached hydrogens (primary N) is 1. The summed E-state index contributed by atoms with van der Waals surface area (Å²) < 4.78 is 31.9. The van der Waals surface area contributed by atoms with E-state index in [0.717, 1.165) is 11.3 Å². The molecular formula is C20H21ClN4O7S2. The fourth-order valence-corrected chi connectivity index (χ4v) is 5.17. The zero-order valence-electron chi connectivity index (χ0n) is 17.5. The maximum Gasteiger partial charge on any atom is 0.333 e. The minimum Gasteiger partial charge on any atom is -0.447 e. The average Bonchev–Trinajstić information content (AvgIpc) is 3.51. The largest absolute Gasteiger partial charge is 0.447 e. The predicted molar refractivity (Wildman–Crippen MR) is 123 cm³/mol. The number of furan rings is 1. The van der Waals surface area contributed by atoms with E-state index in [0.29, 0.717) is 23.3 Å². The van der Waals surface area contributed by atoms with Crippen LogP contribution in [0.25, 0.3) is 0 Å². The number of nitrogens with one attached hydrogen (secondary N) is 1. The van der Waals surface area contributed by atoms with Crippen LogP contribution < -0.4 is 10.5 Å². The zero-order valence-corrected chi connectivity index (χ0v) is 19.9. The average molecular weight is 529 g/mol. The third-order valence-electron chi connectivity index (χ3n) is 5.42. The minimum absolute atomic E-state index is 0.146. The Balaban J connectivity index is 1.46. The SMILES string of the molecule is NS(=O)(=O)OC[C@H]1C[C@@H](Nc2ncncc2C(=O)c2cc(C(O)c3ccc(Cl)o3)cs2)C[C@@H]1O. The second-order valence-corrected chi connectivity index (χ2v) is 10.3. The molecule has 0 amide bonds. The second-order valence-electron chi connectivity index (χ2n) is 7.82. The first-order valence-electron chi connectivity index (χ1n) is 10.1. The molecule has 0 aromatic carbocycles. The molecule has 4 rings (SSSR count). The van der Waals surface area contributed by atoms with Crippen molar-refractivity contribution in [3.63, 3.8) is 0 Å². The van der Waals surface area contributed by atoms with Gasteiger partial charge in [0.2, 0.25) is 5.78 Å². The zero-order chi connectivity index (χ0) is 24.5. The summed E-state index contributed by atoms with van der Waals surface area (Å²) in [4.78, 5) is 21.6. The normalized spacial score (nSPS) is 21.5. The van der Waals surface area contributed by atoms with Crippen LogP contribution in [0.4, 0.5) is 5.82 Å². The number of rotatable bonds is 9. The van der Waals surface area contributed by atoms with E-state index in [1.165, 1.54) is 18.6 Å². The summed E-state index contributed by atoms with van der Waals surface area (Å²) in [5.41, 5.74) is 0.687. The standard InChI is InChI=1S/C20H21ClN4O7S2/c21-17-2-1-15(32-17)18(27)11-4-16(33-8-11)19(28)13-6-23-9-24-20(13)25-12-3-10(14(26)5-12)7-31-34(22,29)30/h1-2,4,6,8-10,12,14,18,26-27H,3,5,7H2,(H2,22,29,30)(H,23,24,25)/t10-,12-,14+,18?/m1/s1. The van der Waals surface area contributed by atoms with Gasteiger partial charge in [0.1, 0.15) is 24.0 Å². The van der Waals surface area contributed by atoms with Crippen LogP contribution in [0.3, 0.4) is 0 Å². The lowest BCUT2D eigenvalue weighted by Gasteiger charge is -2.15. The van der Waals surface area contributed by atoms with Gasteiger partial charge in [-0.15, -0.1) is 11.3 Å².